The van der Waals surface area contributed by atoms with Crippen LogP contribution in [0.4, 0.5) is 0 Å². The number of carbonyl (C=O) groups excluding carboxylic acids is 1. The van der Waals surface area contributed by atoms with E-state index in [0.29, 0.717) is 23.9 Å². The standard InChI is InChI=1S/C27H28N2O3/c1-27(2,3)19-12-14-20(15-13-19)32-17-16-28-25(30)18-29-23-10-6-4-8-21(23)26(31)22-9-5-7-11-24(22)29/h4-15H,16-18H2,1-3H3,(H,28,30). The molecule has 5 nitrogen and oxygen atoms in total. The Morgan fingerprint density at radius 2 is 1.44 bits per heavy atom. The first-order valence-electron chi connectivity index (χ1n) is 10.8. The van der Waals surface area contributed by atoms with Gasteiger partial charge in [0.25, 0.3) is 0 Å². The van der Waals surface area contributed by atoms with Crippen LogP contribution < -0.4 is 15.5 Å². The van der Waals surface area contributed by atoms with E-state index in [2.05, 4.69) is 38.2 Å². The first-order chi connectivity index (χ1) is 15.3. The van der Waals surface area contributed by atoms with E-state index in [1.165, 1.54) is 5.56 Å². The van der Waals surface area contributed by atoms with Gasteiger partial charge in [0.05, 0.1) is 17.6 Å². The summed E-state index contributed by atoms with van der Waals surface area (Å²) in [5.74, 6) is 0.653. The summed E-state index contributed by atoms with van der Waals surface area (Å²) in [7, 11) is 0. The van der Waals surface area contributed by atoms with Crippen LogP contribution in [0.25, 0.3) is 21.8 Å². The highest BCUT2D eigenvalue weighted by molar-refractivity contribution is 5.94. The van der Waals surface area contributed by atoms with Crippen LogP contribution in [-0.4, -0.2) is 23.6 Å². The third-order valence-corrected chi connectivity index (χ3v) is 5.59. The van der Waals surface area contributed by atoms with Gasteiger partial charge in [-0.15, -0.1) is 0 Å². The van der Waals surface area contributed by atoms with E-state index in [9.17, 15) is 9.59 Å². The fourth-order valence-electron chi connectivity index (χ4n) is 3.86. The molecule has 4 aromatic rings. The zero-order valence-corrected chi connectivity index (χ0v) is 18.7. The second-order valence-corrected chi connectivity index (χ2v) is 8.92. The number of hydrogen-bond donors (Lipinski definition) is 1. The van der Waals surface area contributed by atoms with Crippen molar-refractivity contribution >= 4 is 27.7 Å². The molecule has 0 aliphatic rings. The number of benzene rings is 3. The summed E-state index contributed by atoms with van der Waals surface area (Å²) in [6.45, 7) is 7.43. The van der Waals surface area contributed by atoms with Gasteiger partial charge in [-0.3, -0.25) is 9.59 Å². The van der Waals surface area contributed by atoms with Crippen LogP contribution in [0, 0.1) is 0 Å². The molecule has 1 amide bonds. The quantitative estimate of drug-likeness (QED) is 0.359. The lowest BCUT2D eigenvalue weighted by molar-refractivity contribution is -0.121. The van der Waals surface area contributed by atoms with E-state index in [1.54, 1.807) is 12.1 Å². The average molecular weight is 429 g/mol. The number of ether oxygens (including phenoxy) is 1. The number of carbonyl (C=O) groups is 1. The van der Waals surface area contributed by atoms with Gasteiger partial charge in [0.15, 0.2) is 5.43 Å². The van der Waals surface area contributed by atoms with Gasteiger partial charge >= 0.3 is 0 Å². The topological polar surface area (TPSA) is 60.3 Å². The molecule has 1 heterocycles. The van der Waals surface area contributed by atoms with E-state index in [-0.39, 0.29) is 23.3 Å². The highest BCUT2D eigenvalue weighted by atomic mass is 16.5. The molecule has 4 rings (SSSR count). The number of nitrogens with zero attached hydrogens (tertiary/aromatic N) is 1. The van der Waals surface area contributed by atoms with Gasteiger partial charge in [-0.1, -0.05) is 57.2 Å². The maximum atomic E-state index is 12.8. The Bertz CT molecular complexity index is 1260. The number of nitrogens with one attached hydrogen (secondary N) is 1. The number of pyridine rings is 1. The lowest BCUT2D eigenvalue weighted by atomic mass is 9.87. The van der Waals surface area contributed by atoms with Crippen molar-refractivity contribution in [3.05, 3.63) is 88.6 Å². The molecule has 5 heteroatoms. The molecule has 1 aromatic heterocycles. The highest BCUT2D eigenvalue weighted by Crippen LogP contribution is 2.24. The molecule has 0 saturated carbocycles. The SMILES string of the molecule is CC(C)(C)c1ccc(OCCNC(=O)Cn2c3ccccc3c(=O)c3ccccc32)cc1. The average Bonchev–Trinajstić information content (AvgIpc) is 2.79. The van der Waals surface area contributed by atoms with Gasteiger partial charge in [0.1, 0.15) is 18.9 Å². The smallest absolute Gasteiger partial charge is 0.240 e. The molecule has 0 unspecified atom stereocenters. The fourth-order valence-corrected chi connectivity index (χ4v) is 3.86. The summed E-state index contributed by atoms with van der Waals surface area (Å²) in [4.78, 5) is 25.5. The van der Waals surface area contributed by atoms with Crippen molar-refractivity contribution in [2.24, 2.45) is 0 Å². The zero-order chi connectivity index (χ0) is 22.7. The Morgan fingerprint density at radius 1 is 0.875 bits per heavy atom. The summed E-state index contributed by atoms with van der Waals surface area (Å²) in [5, 5.41) is 4.14. The number of fused-ring (bicyclic) bond motifs is 2. The molecular weight excluding hydrogens is 400 g/mol. The highest BCUT2D eigenvalue weighted by Gasteiger charge is 2.14. The van der Waals surface area contributed by atoms with E-state index < -0.39 is 0 Å². The summed E-state index contributed by atoms with van der Waals surface area (Å²) in [6.07, 6.45) is 0. The number of para-hydroxylation sites is 2. The van der Waals surface area contributed by atoms with Crippen LogP contribution in [-0.2, 0) is 16.8 Å². The first kappa shape index (κ1) is 21.6. The Balaban J connectivity index is 1.42. The summed E-state index contributed by atoms with van der Waals surface area (Å²) in [6, 6.07) is 22.9. The minimum Gasteiger partial charge on any atom is -0.492 e. The molecular formula is C27H28N2O3. The van der Waals surface area contributed by atoms with Crippen molar-refractivity contribution in [3.8, 4) is 5.75 Å². The summed E-state index contributed by atoms with van der Waals surface area (Å²) in [5.41, 5.74) is 2.84. The van der Waals surface area contributed by atoms with Crippen molar-refractivity contribution in [2.45, 2.75) is 32.7 Å². The molecule has 0 radical (unpaired) electrons. The third-order valence-electron chi connectivity index (χ3n) is 5.59. The monoisotopic (exact) mass is 428 g/mol. The van der Waals surface area contributed by atoms with Gasteiger partial charge in [0, 0.05) is 10.8 Å². The first-order valence-corrected chi connectivity index (χ1v) is 10.8. The van der Waals surface area contributed by atoms with Crippen LogP contribution in [0.5, 0.6) is 5.75 Å². The van der Waals surface area contributed by atoms with Gasteiger partial charge < -0.3 is 14.6 Å². The predicted octanol–water partition coefficient (Wildman–Crippen LogP) is 4.65. The van der Waals surface area contributed by atoms with Crippen molar-refractivity contribution in [1.29, 1.82) is 0 Å². The molecule has 0 saturated heterocycles. The van der Waals surface area contributed by atoms with Gasteiger partial charge in [0.2, 0.25) is 5.91 Å². The maximum absolute atomic E-state index is 12.8. The van der Waals surface area contributed by atoms with Gasteiger partial charge in [-0.2, -0.15) is 0 Å². The molecule has 164 valence electrons. The van der Waals surface area contributed by atoms with Crippen molar-refractivity contribution < 1.29 is 9.53 Å². The zero-order valence-electron chi connectivity index (χ0n) is 18.7. The van der Waals surface area contributed by atoms with E-state index in [1.807, 2.05) is 53.1 Å². The van der Waals surface area contributed by atoms with Crippen LogP contribution in [0.3, 0.4) is 0 Å². The summed E-state index contributed by atoms with van der Waals surface area (Å²) >= 11 is 0. The molecule has 0 aliphatic heterocycles. The minimum atomic E-state index is -0.129. The van der Waals surface area contributed by atoms with Crippen LogP contribution in [0.15, 0.2) is 77.6 Å². The molecule has 0 atom stereocenters. The third kappa shape index (κ3) is 4.52. The van der Waals surface area contributed by atoms with Crippen LogP contribution in [0.2, 0.25) is 0 Å². The Labute approximate surface area is 187 Å². The normalized spacial score (nSPS) is 11.6. The van der Waals surface area contributed by atoms with Crippen molar-refractivity contribution in [2.75, 3.05) is 13.2 Å². The molecule has 32 heavy (non-hydrogen) atoms. The number of rotatable bonds is 6. The Morgan fingerprint density at radius 3 is 2.00 bits per heavy atom. The lowest BCUT2D eigenvalue weighted by Crippen LogP contribution is -2.31. The van der Waals surface area contributed by atoms with Crippen molar-refractivity contribution in [1.82, 2.24) is 9.88 Å². The van der Waals surface area contributed by atoms with Crippen LogP contribution >= 0.6 is 0 Å². The molecule has 0 bridgehead atoms. The molecule has 0 aliphatic carbocycles. The van der Waals surface area contributed by atoms with Crippen LogP contribution in [0.1, 0.15) is 26.3 Å². The molecule has 0 spiro atoms. The maximum Gasteiger partial charge on any atom is 0.240 e. The van der Waals surface area contributed by atoms with Gasteiger partial charge in [-0.25, -0.2) is 0 Å². The van der Waals surface area contributed by atoms with Crippen molar-refractivity contribution in [3.63, 3.8) is 0 Å². The second kappa shape index (κ2) is 8.87. The number of amides is 1. The molecule has 1 N–H and O–H groups in total. The predicted molar refractivity (Wildman–Crippen MR) is 129 cm³/mol. The lowest BCUT2D eigenvalue weighted by Gasteiger charge is -2.19. The van der Waals surface area contributed by atoms with E-state index >= 15 is 0 Å². The number of aromatic nitrogens is 1. The molecule has 3 aromatic carbocycles. The fraction of sp³-hybridized carbons (Fsp3) is 0.259. The largest absolute Gasteiger partial charge is 0.492 e. The molecule has 0 fully saturated rings. The number of hydrogen-bond acceptors (Lipinski definition) is 3. The minimum absolute atomic E-state index is 0.0151. The summed E-state index contributed by atoms with van der Waals surface area (Å²) < 4.78 is 7.66. The second-order valence-electron chi connectivity index (χ2n) is 8.92. The Kier molecular flexibility index (Phi) is 5.99. The Hall–Kier alpha value is -3.60. The van der Waals surface area contributed by atoms with E-state index in [4.69, 9.17) is 4.74 Å². The van der Waals surface area contributed by atoms with Gasteiger partial charge in [-0.05, 0) is 47.4 Å². The van der Waals surface area contributed by atoms with E-state index in [0.717, 1.165) is 16.8 Å².